The van der Waals surface area contributed by atoms with E-state index in [-0.39, 0.29) is 16.9 Å². The lowest BCUT2D eigenvalue weighted by atomic mass is 10.1. The molecule has 0 aromatic heterocycles. The third kappa shape index (κ3) is 6.85. The molecule has 0 aliphatic rings. The van der Waals surface area contributed by atoms with E-state index in [4.69, 9.17) is 26.4 Å². The van der Waals surface area contributed by atoms with E-state index in [1.807, 2.05) is 13.8 Å². The molecular formula is C22H27N3O5S. The first-order valence-electron chi connectivity index (χ1n) is 9.59. The van der Waals surface area contributed by atoms with Crippen LogP contribution in [0, 0.1) is 5.92 Å². The maximum atomic E-state index is 12.6. The Morgan fingerprint density at radius 1 is 0.903 bits per heavy atom. The molecule has 0 saturated carbocycles. The average Bonchev–Trinajstić information content (AvgIpc) is 2.73. The smallest absolute Gasteiger partial charge is 0.257 e. The van der Waals surface area contributed by atoms with Crippen LogP contribution in [0.15, 0.2) is 36.4 Å². The molecule has 0 saturated heterocycles. The van der Waals surface area contributed by atoms with Gasteiger partial charge >= 0.3 is 0 Å². The second kappa shape index (κ2) is 11.2. The molecule has 31 heavy (non-hydrogen) atoms. The zero-order valence-electron chi connectivity index (χ0n) is 18.2. The highest BCUT2D eigenvalue weighted by Gasteiger charge is 2.17. The van der Waals surface area contributed by atoms with Crippen LogP contribution in [0.5, 0.6) is 17.2 Å². The number of rotatable bonds is 8. The topological polar surface area (TPSA) is 97.9 Å². The first-order chi connectivity index (χ1) is 14.8. The van der Waals surface area contributed by atoms with E-state index in [0.717, 1.165) is 0 Å². The summed E-state index contributed by atoms with van der Waals surface area (Å²) in [4.78, 5) is 24.5. The maximum Gasteiger partial charge on any atom is 0.257 e. The van der Waals surface area contributed by atoms with E-state index in [1.54, 1.807) is 24.3 Å². The lowest BCUT2D eigenvalue weighted by Gasteiger charge is -2.15. The molecule has 0 atom stereocenters. The number of nitrogens with one attached hydrogen (secondary N) is 3. The molecule has 9 heteroatoms. The predicted octanol–water partition coefficient (Wildman–Crippen LogP) is 3.82. The normalized spacial score (nSPS) is 10.3. The van der Waals surface area contributed by atoms with Gasteiger partial charge in [-0.3, -0.25) is 14.9 Å². The monoisotopic (exact) mass is 445 g/mol. The number of hydrogen-bond donors (Lipinski definition) is 3. The van der Waals surface area contributed by atoms with Gasteiger partial charge in [-0.1, -0.05) is 13.8 Å². The van der Waals surface area contributed by atoms with Crippen LogP contribution in [0.1, 0.15) is 30.6 Å². The maximum absolute atomic E-state index is 12.6. The number of benzene rings is 2. The van der Waals surface area contributed by atoms with Gasteiger partial charge in [-0.15, -0.1) is 0 Å². The molecule has 0 fully saturated rings. The Kier molecular flexibility index (Phi) is 8.63. The summed E-state index contributed by atoms with van der Waals surface area (Å²) in [7, 11) is 4.43. The summed E-state index contributed by atoms with van der Waals surface area (Å²) in [6, 6.07) is 10.1. The van der Waals surface area contributed by atoms with Crippen molar-refractivity contribution in [2.24, 2.45) is 5.92 Å². The largest absolute Gasteiger partial charge is 0.493 e. The van der Waals surface area contributed by atoms with E-state index >= 15 is 0 Å². The molecule has 2 amide bonds. The Morgan fingerprint density at radius 3 is 1.87 bits per heavy atom. The van der Waals surface area contributed by atoms with E-state index in [1.165, 1.54) is 33.5 Å². The zero-order chi connectivity index (χ0) is 23.0. The first kappa shape index (κ1) is 23.9. The lowest BCUT2D eigenvalue weighted by molar-refractivity contribution is -0.116. The standard InChI is InChI=1S/C22H27N3O5S/c1-13(2)10-19(26)23-15-6-8-16(9-7-15)24-22(31)25-21(27)14-11-17(28-3)20(30-5)18(12-14)29-4/h6-9,11-13H,10H2,1-5H3,(H,23,26)(H2,24,25,27,31). The molecule has 0 heterocycles. The third-order valence-electron chi connectivity index (χ3n) is 4.17. The second-order valence-electron chi connectivity index (χ2n) is 7.05. The fourth-order valence-electron chi connectivity index (χ4n) is 2.77. The number of anilines is 2. The molecule has 2 aromatic carbocycles. The van der Waals surface area contributed by atoms with Crippen molar-refractivity contribution >= 4 is 40.5 Å². The average molecular weight is 446 g/mol. The van der Waals surface area contributed by atoms with Crippen LogP contribution in [0.25, 0.3) is 0 Å². The summed E-state index contributed by atoms with van der Waals surface area (Å²) in [6.45, 7) is 3.97. The molecule has 2 rings (SSSR count). The Balaban J connectivity index is 2.01. The van der Waals surface area contributed by atoms with Gasteiger partial charge in [0.25, 0.3) is 5.91 Å². The predicted molar refractivity (Wildman–Crippen MR) is 124 cm³/mol. The zero-order valence-corrected chi connectivity index (χ0v) is 19.0. The van der Waals surface area contributed by atoms with Crippen LogP contribution in [-0.2, 0) is 4.79 Å². The van der Waals surface area contributed by atoms with Crippen LogP contribution in [-0.4, -0.2) is 38.3 Å². The van der Waals surface area contributed by atoms with Gasteiger partial charge in [0.05, 0.1) is 21.3 Å². The van der Waals surface area contributed by atoms with Crippen molar-refractivity contribution in [2.75, 3.05) is 32.0 Å². The molecule has 0 bridgehead atoms. The van der Waals surface area contributed by atoms with Gasteiger partial charge in [0.2, 0.25) is 11.7 Å². The quantitative estimate of drug-likeness (QED) is 0.531. The van der Waals surface area contributed by atoms with E-state index in [9.17, 15) is 9.59 Å². The minimum absolute atomic E-state index is 0.0381. The van der Waals surface area contributed by atoms with Gasteiger partial charge in [-0.25, -0.2) is 0 Å². The van der Waals surface area contributed by atoms with Crippen LogP contribution in [0.4, 0.5) is 11.4 Å². The summed E-state index contributed by atoms with van der Waals surface area (Å²) in [6.07, 6.45) is 0.455. The minimum Gasteiger partial charge on any atom is -0.493 e. The number of carbonyl (C=O) groups is 2. The fraction of sp³-hybridized carbons (Fsp3) is 0.318. The molecule has 8 nitrogen and oxygen atoms in total. The summed E-state index contributed by atoms with van der Waals surface area (Å²) < 4.78 is 15.8. The molecule has 3 N–H and O–H groups in total. The fourth-order valence-corrected chi connectivity index (χ4v) is 2.98. The van der Waals surface area contributed by atoms with Crippen molar-refractivity contribution in [3.05, 3.63) is 42.0 Å². The summed E-state index contributed by atoms with van der Waals surface area (Å²) in [5.74, 6) is 0.926. The van der Waals surface area contributed by atoms with Crippen molar-refractivity contribution in [1.82, 2.24) is 5.32 Å². The molecule has 0 aliphatic carbocycles. The van der Waals surface area contributed by atoms with Crippen molar-refractivity contribution in [3.8, 4) is 17.2 Å². The Labute approximate surface area is 187 Å². The number of amides is 2. The van der Waals surface area contributed by atoms with Crippen molar-refractivity contribution in [3.63, 3.8) is 0 Å². The van der Waals surface area contributed by atoms with Crippen LogP contribution in [0.2, 0.25) is 0 Å². The van der Waals surface area contributed by atoms with Crippen molar-refractivity contribution < 1.29 is 23.8 Å². The summed E-state index contributed by atoms with van der Waals surface area (Å²) >= 11 is 5.23. The molecule has 0 spiro atoms. The number of ether oxygens (including phenoxy) is 3. The third-order valence-corrected chi connectivity index (χ3v) is 4.38. The SMILES string of the molecule is COc1cc(C(=O)NC(=S)Nc2ccc(NC(=O)CC(C)C)cc2)cc(OC)c1OC. The molecule has 2 aromatic rings. The van der Waals surface area contributed by atoms with Crippen molar-refractivity contribution in [2.45, 2.75) is 20.3 Å². The molecule has 166 valence electrons. The first-order valence-corrected chi connectivity index (χ1v) is 10.0. The molecule has 0 radical (unpaired) electrons. The Bertz CT molecular complexity index is 920. The van der Waals surface area contributed by atoms with E-state index in [0.29, 0.717) is 40.6 Å². The highest BCUT2D eigenvalue weighted by atomic mass is 32.1. The van der Waals surface area contributed by atoms with Crippen LogP contribution in [0.3, 0.4) is 0 Å². The minimum atomic E-state index is -0.436. The highest BCUT2D eigenvalue weighted by molar-refractivity contribution is 7.80. The van der Waals surface area contributed by atoms with Crippen LogP contribution < -0.4 is 30.2 Å². The van der Waals surface area contributed by atoms with Gasteiger partial charge in [0.15, 0.2) is 16.6 Å². The summed E-state index contributed by atoms with van der Waals surface area (Å²) in [5, 5.41) is 8.50. The summed E-state index contributed by atoms with van der Waals surface area (Å²) in [5.41, 5.74) is 1.64. The van der Waals surface area contributed by atoms with Gasteiger partial charge in [0.1, 0.15) is 0 Å². The molecular weight excluding hydrogens is 418 g/mol. The van der Waals surface area contributed by atoms with Gasteiger partial charge in [-0.05, 0) is 54.5 Å². The molecule has 0 unspecified atom stereocenters. The van der Waals surface area contributed by atoms with E-state index < -0.39 is 5.91 Å². The second-order valence-corrected chi connectivity index (χ2v) is 7.45. The number of methoxy groups -OCH3 is 3. The van der Waals surface area contributed by atoms with Gasteiger partial charge in [-0.2, -0.15) is 0 Å². The van der Waals surface area contributed by atoms with Gasteiger partial charge in [0, 0.05) is 23.4 Å². The number of thiocarbonyl (C=S) groups is 1. The van der Waals surface area contributed by atoms with Gasteiger partial charge < -0.3 is 24.8 Å². The number of hydrogen-bond acceptors (Lipinski definition) is 6. The Morgan fingerprint density at radius 2 is 1.42 bits per heavy atom. The lowest BCUT2D eigenvalue weighted by Crippen LogP contribution is -2.34. The highest BCUT2D eigenvalue weighted by Crippen LogP contribution is 2.38. The number of carbonyl (C=O) groups excluding carboxylic acids is 2. The molecule has 0 aliphatic heterocycles. The Hall–Kier alpha value is -3.33. The van der Waals surface area contributed by atoms with Crippen molar-refractivity contribution in [1.29, 1.82) is 0 Å². The van der Waals surface area contributed by atoms with Crippen LogP contribution >= 0.6 is 12.2 Å². The van der Waals surface area contributed by atoms with E-state index in [2.05, 4.69) is 16.0 Å².